The molecule has 0 rings (SSSR count). The maximum Gasteiger partial charge on any atom is 0.186 e. The molecule has 150 valence electrons. The molecule has 3 nitrogen and oxygen atoms in total. The van der Waals surface area contributed by atoms with E-state index in [1.807, 2.05) is 36.5 Å². The average molecular weight is 373 g/mol. The molecule has 27 heavy (non-hydrogen) atoms. The van der Waals surface area contributed by atoms with Gasteiger partial charge in [-0.3, -0.25) is 4.79 Å². The van der Waals surface area contributed by atoms with Gasteiger partial charge in [0.15, 0.2) is 5.78 Å². The number of hydrogen-bond acceptors (Lipinski definition) is 3. The Labute approximate surface area is 165 Å². The summed E-state index contributed by atoms with van der Waals surface area (Å²) in [6, 6.07) is 0. The van der Waals surface area contributed by atoms with Gasteiger partial charge in [0.2, 0.25) is 0 Å². The van der Waals surface area contributed by atoms with Crippen molar-refractivity contribution in [1.82, 2.24) is 0 Å². The van der Waals surface area contributed by atoms with Crippen molar-refractivity contribution in [3.05, 3.63) is 72.9 Å². The standard InChI is InChI=1S/C24H36O3/c1-2-3-4-5-6-7-8-9-10-11-12-13-14-15-16-17-18-19-20-21-23(26)24(27)22-25/h10-21,24-25,27H,2-9,22H2,1H3. The minimum Gasteiger partial charge on any atom is -0.393 e. The van der Waals surface area contributed by atoms with Gasteiger partial charge in [-0.05, 0) is 18.9 Å². The van der Waals surface area contributed by atoms with Gasteiger partial charge >= 0.3 is 0 Å². The molecule has 1 atom stereocenters. The number of carbonyl (C=O) groups excluding carboxylic acids is 1. The van der Waals surface area contributed by atoms with Crippen molar-refractivity contribution in [3.8, 4) is 0 Å². The lowest BCUT2D eigenvalue weighted by Gasteiger charge is -1.98. The lowest BCUT2D eigenvalue weighted by Crippen LogP contribution is -2.21. The Bertz CT molecular complexity index is 522. The van der Waals surface area contributed by atoms with E-state index in [1.165, 1.54) is 57.1 Å². The van der Waals surface area contributed by atoms with E-state index in [2.05, 4.69) is 19.1 Å². The number of aliphatic hydroxyl groups is 2. The van der Waals surface area contributed by atoms with Crippen LogP contribution in [0.15, 0.2) is 72.9 Å². The fraction of sp³-hybridized carbons (Fsp3) is 0.458. The summed E-state index contributed by atoms with van der Waals surface area (Å²) >= 11 is 0. The van der Waals surface area contributed by atoms with Crippen LogP contribution < -0.4 is 0 Å². The van der Waals surface area contributed by atoms with Gasteiger partial charge in [0.05, 0.1) is 6.61 Å². The van der Waals surface area contributed by atoms with Crippen LogP contribution in [0, 0.1) is 0 Å². The second kappa shape index (κ2) is 20.3. The van der Waals surface area contributed by atoms with Crippen molar-refractivity contribution in [2.75, 3.05) is 6.61 Å². The molecule has 0 aromatic carbocycles. The van der Waals surface area contributed by atoms with E-state index in [1.54, 1.807) is 12.2 Å². The summed E-state index contributed by atoms with van der Waals surface area (Å²) in [6.45, 7) is 1.69. The second-order valence-corrected chi connectivity index (χ2v) is 6.34. The Morgan fingerprint density at radius 3 is 1.78 bits per heavy atom. The van der Waals surface area contributed by atoms with E-state index in [9.17, 15) is 4.79 Å². The van der Waals surface area contributed by atoms with E-state index in [-0.39, 0.29) is 0 Å². The maximum absolute atomic E-state index is 11.2. The zero-order valence-electron chi connectivity index (χ0n) is 16.7. The molecule has 0 fully saturated rings. The Kier molecular flexibility index (Phi) is 18.9. The minimum atomic E-state index is -1.33. The van der Waals surface area contributed by atoms with Crippen LogP contribution in [0.1, 0.15) is 58.3 Å². The zero-order chi connectivity index (χ0) is 20.0. The molecule has 0 aromatic heterocycles. The van der Waals surface area contributed by atoms with Gasteiger partial charge in [0, 0.05) is 0 Å². The Hall–Kier alpha value is -1.97. The van der Waals surface area contributed by atoms with E-state index in [0.29, 0.717) is 0 Å². The van der Waals surface area contributed by atoms with Crippen LogP contribution >= 0.6 is 0 Å². The third-order valence-corrected chi connectivity index (χ3v) is 3.87. The molecule has 0 aromatic rings. The molecule has 0 radical (unpaired) electrons. The number of unbranched alkanes of at least 4 members (excludes halogenated alkanes) is 7. The highest BCUT2D eigenvalue weighted by Crippen LogP contribution is 2.08. The normalized spacial score (nSPS) is 14.2. The van der Waals surface area contributed by atoms with Crippen LogP contribution in [-0.4, -0.2) is 28.7 Å². The first-order chi connectivity index (χ1) is 13.2. The fourth-order valence-electron chi connectivity index (χ4n) is 2.26. The number of ketones is 1. The highest BCUT2D eigenvalue weighted by atomic mass is 16.3. The molecule has 0 heterocycles. The van der Waals surface area contributed by atoms with Crippen LogP contribution in [-0.2, 0) is 4.79 Å². The number of carbonyl (C=O) groups is 1. The van der Waals surface area contributed by atoms with E-state index in [0.717, 1.165) is 6.42 Å². The molecule has 3 heteroatoms. The number of aliphatic hydroxyl groups excluding tert-OH is 2. The van der Waals surface area contributed by atoms with E-state index in [4.69, 9.17) is 10.2 Å². The molecule has 0 aliphatic heterocycles. The monoisotopic (exact) mass is 372 g/mol. The average Bonchev–Trinajstić information content (AvgIpc) is 2.68. The molecular formula is C24H36O3. The smallest absolute Gasteiger partial charge is 0.186 e. The first-order valence-electron chi connectivity index (χ1n) is 10.0. The van der Waals surface area contributed by atoms with Crippen LogP contribution in [0.2, 0.25) is 0 Å². The van der Waals surface area contributed by atoms with Gasteiger partial charge in [-0.15, -0.1) is 0 Å². The van der Waals surface area contributed by atoms with Crippen molar-refractivity contribution < 1.29 is 15.0 Å². The van der Waals surface area contributed by atoms with Gasteiger partial charge in [-0.1, -0.05) is 112 Å². The van der Waals surface area contributed by atoms with Crippen molar-refractivity contribution in [2.45, 2.75) is 64.4 Å². The molecule has 0 saturated carbocycles. The van der Waals surface area contributed by atoms with Gasteiger partial charge < -0.3 is 10.2 Å². The van der Waals surface area contributed by atoms with Crippen LogP contribution in [0.3, 0.4) is 0 Å². The summed E-state index contributed by atoms with van der Waals surface area (Å²) in [4.78, 5) is 11.2. The quantitative estimate of drug-likeness (QED) is 0.217. The molecule has 0 aliphatic rings. The molecule has 0 saturated heterocycles. The summed E-state index contributed by atoms with van der Waals surface area (Å²) < 4.78 is 0. The first-order valence-corrected chi connectivity index (χ1v) is 10.0. The van der Waals surface area contributed by atoms with Crippen molar-refractivity contribution in [2.24, 2.45) is 0 Å². The van der Waals surface area contributed by atoms with Crippen molar-refractivity contribution in [3.63, 3.8) is 0 Å². The Balaban J connectivity index is 3.71. The fourth-order valence-corrected chi connectivity index (χ4v) is 2.26. The summed E-state index contributed by atoms with van der Waals surface area (Å²) in [5.41, 5.74) is 0. The first kappa shape index (κ1) is 25.0. The van der Waals surface area contributed by atoms with Crippen LogP contribution in [0.4, 0.5) is 0 Å². The molecular weight excluding hydrogens is 336 g/mol. The van der Waals surface area contributed by atoms with Crippen molar-refractivity contribution in [1.29, 1.82) is 0 Å². The van der Waals surface area contributed by atoms with Gasteiger partial charge in [0.1, 0.15) is 6.10 Å². The predicted octanol–water partition coefficient (Wildman–Crippen LogP) is 5.39. The number of hydrogen-bond donors (Lipinski definition) is 2. The lowest BCUT2D eigenvalue weighted by molar-refractivity contribution is -0.124. The number of allylic oxidation sites excluding steroid dienone is 11. The molecule has 0 amide bonds. The maximum atomic E-state index is 11.2. The molecule has 0 spiro atoms. The Morgan fingerprint density at radius 1 is 0.741 bits per heavy atom. The highest BCUT2D eigenvalue weighted by molar-refractivity contribution is 5.93. The second-order valence-electron chi connectivity index (χ2n) is 6.34. The molecule has 1 unspecified atom stereocenters. The third kappa shape index (κ3) is 18.6. The van der Waals surface area contributed by atoms with Gasteiger partial charge in [-0.25, -0.2) is 0 Å². The van der Waals surface area contributed by atoms with Gasteiger partial charge in [-0.2, -0.15) is 0 Å². The Morgan fingerprint density at radius 2 is 1.22 bits per heavy atom. The largest absolute Gasteiger partial charge is 0.393 e. The van der Waals surface area contributed by atoms with E-state index >= 15 is 0 Å². The van der Waals surface area contributed by atoms with E-state index < -0.39 is 18.5 Å². The van der Waals surface area contributed by atoms with Crippen LogP contribution in [0.25, 0.3) is 0 Å². The lowest BCUT2D eigenvalue weighted by atomic mass is 10.1. The SMILES string of the molecule is CCCCCCCCCC=CC=CC=CC=CC=CC=CC(=O)C(O)CO. The van der Waals surface area contributed by atoms with Gasteiger partial charge in [0.25, 0.3) is 0 Å². The van der Waals surface area contributed by atoms with Crippen molar-refractivity contribution >= 4 is 5.78 Å². The minimum absolute atomic E-state index is 0.504. The summed E-state index contributed by atoms with van der Waals surface area (Å²) in [5, 5.41) is 17.7. The zero-order valence-corrected chi connectivity index (χ0v) is 16.7. The molecule has 0 aliphatic carbocycles. The highest BCUT2D eigenvalue weighted by Gasteiger charge is 2.08. The summed E-state index contributed by atoms with van der Waals surface area (Å²) in [5.74, 6) is -0.504. The summed E-state index contributed by atoms with van der Waals surface area (Å²) in [7, 11) is 0. The topological polar surface area (TPSA) is 57.5 Å². The van der Waals surface area contributed by atoms with Crippen LogP contribution in [0.5, 0.6) is 0 Å². The predicted molar refractivity (Wildman–Crippen MR) is 116 cm³/mol. The number of rotatable bonds is 16. The third-order valence-electron chi connectivity index (χ3n) is 3.87. The molecule has 2 N–H and O–H groups in total. The molecule has 0 bridgehead atoms. The summed E-state index contributed by atoms with van der Waals surface area (Å²) in [6.07, 6.45) is 31.4.